The lowest BCUT2D eigenvalue weighted by Crippen LogP contribution is -2.44. The highest BCUT2D eigenvalue weighted by molar-refractivity contribution is 5.98. The first-order valence-electron chi connectivity index (χ1n) is 12.5. The highest BCUT2D eigenvalue weighted by Gasteiger charge is 2.27. The number of aromatic nitrogens is 1. The molecule has 2 aromatic rings. The number of carbonyl (C=O) groups excluding carboxylic acids is 2. The molecule has 2 amide bonds. The molecule has 1 aromatic heterocycles. The smallest absolute Gasteiger partial charge is 0.410 e. The molecule has 35 heavy (non-hydrogen) atoms. The Hall–Kier alpha value is -3.29. The molecule has 1 aromatic carbocycles. The molecule has 0 spiro atoms. The van der Waals surface area contributed by atoms with Crippen molar-refractivity contribution in [2.24, 2.45) is 5.73 Å². The minimum absolute atomic E-state index is 0.127. The quantitative estimate of drug-likeness (QED) is 0.645. The van der Waals surface area contributed by atoms with Crippen molar-refractivity contribution < 1.29 is 14.3 Å². The van der Waals surface area contributed by atoms with Gasteiger partial charge in [0.05, 0.1) is 11.3 Å². The predicted octanol–water partition coefficient (Wildman–Crippen LogP) is 4.18. The number of nitrogens with one attached hydrogen (secondary N) is 1. The molecular formula is C27H37N5O3. The fourth-order valence-corrected chi connectivity index (χ4v) is 4.67. The van der Waals surface area contributed by atoms with Crippen molar-refractivity contribution >= 4 is 23.4 Å². The first kappa shape index (κ1) is 24.8. The van der Waals surface area contributed by atoms with E-state index >= 15 is 0 Å². The monoisotopic (exact) mass is 479 g/mol. The Morgan fingerprint density at radius 1 is 1.09 bits per heavy atom. The van der Waals surface area contributed by atoms with E-state index in [-0.39, 0.29) is 12.1 Å². The first-order chi connectivity index (χ1) is 16.7. The molecule has 3 N–H and O–H groups in total. The summed E-state index contributed by atoms with van der Waals surface area (Å²) in [4.78, 5) is 33.0. The lowest BCUT2D eigenvalue weighted by atomic mass is 10.0. The Labute approximate surface area is 207 Å². The average molecular weight is 480 g/mol. The molecule has 2 aliphatic heterocycles. The largest absolute Gasteiger partial charge is 0.444 e. The molecule has 0 bridgehead atoms. The molecule has 0 atom stereocenters. The Balaban J connectivity index is 1.39. The number of carbonyl (C=O) groups is 2. The molecule has 0 radical (unpaired) electrons. The van der Waals surface area contributed by atoms with Crippen molar-refractivity contribution in [1.29, 1.82) is 0 Å². The number of ether oxygens (including phenoxy) is 1. The minimum atomic E-state index is -0.509. The van der Waals surface area contributed by atoms with Gasteiger partial charge in [0, 0.05) is 56.2 Å². The van der Waals surface area contributed by atoms with Crippen LogP contribution >= 0.6 is 0 Å². The van der Waals surface area contributed by atoms with E-state index in [9.17, 15) is 9.59 Å². The van der Waals surface area contributed by atoms with Crippen molar-refractivity contribution in [3.05, 3.63) is 53.3 Å². The van der Waals surface area contributed by atoms with Crippen LogP contribution in [-0.2, 0) is 11.2 Å². The van der Waals surface area contributed by atoms with E-state index in [0.29, 0.717) is 30.8 Å². The third-order valence-corrected chi connectivity index (χ3v) is 6.53. The van der Waals surface area contributed by atoms with E-state index in [1.54, 1.807) is 11.1 Å². The van der Waals surface area contributed by atoms with Gasteiger partial charge in [-0.2, -0.15) is 0 Å². The molecule has 2 aliphatic rings. The van der Waals surface area contributed by atoms with Gasteiger partial charge in [0.1, 0.15) is 5.60 Å². The van der Waals surface area contributed by atoms with Crippen molar-refractivity contribution in [3.8, 4) is 0 Å². The van der Waals surface area contributed by atoms with Crippen molar-refractivity contribution in [2.75, 3.05) is 36.4 Å². The molecule has 0 unspecified atom stereocenters. The van der Waals surface area contributed by atoms with E-state index in [0.717, 1.165) is 31.6 Å². The van der Waals surface area contributed by atoms with Gasteiger partial charge in [-0.3, -0.25) is 9.78 Å². The summed E-state index contributed by atoms with van der Waals surface area (Å²) in [5.41, 5.74) is 9.51. The summed E-state index contributed by atoms with van der Waals surface area (Å²) in [6.07, 6.45) is 5.98. The third-order valence-electron chi connectivity index (χ3n) is 6.53. The van der Waals surface area contributed by atoms with Crippen LogP contribution in [0.4, 0.5) is 16.2 Å². The van der Waals surface area contributed by atoms with Crippen LogP contribution in [0.25, 0.3) is 0 Å². The van der Waals surface area contributed by atoms with Gasteiger partial charge in [-0.1, -0.05) is 12.1 Å². The molecule has 3 heterocycles. The maximum atomic E-state index is 12.3. The number of rotatable bonds is 6. The number of hydrogen-bond donors (Lipinski definition) is 2. The van der Waals surface area contributed by atoms with Crippen molar-refractivity contribution in [3.63, 3.8) is 0 Å². The summed E-state index contributed by atoms with van der Waals surface area (Å²) < 4.78 is 5.48. The number of pyridine rings is 1. The maximum absolute atomic E-state index is 12.3. The number of nitrogens with zero attached hydrogens (tertiary/aromatic N) is 3. The number of piperidine rings is 1. The number of nitrogens with two attached hydrogens (primary N) is 1. The number of anilines is 2. The number of likely N-dealkylation sites (tertiary alicyclic amines) is 1. The zero-order valence-electron chi connectivity index (χ0n) is 21.0. The van der Waals surface area contributed by atoms with Gasteiger partial charge in [0.15, 0.2) is 0 Å². The molecule has 2 fully saturated rings. The average Bonchev–Trinajstić information content (AvgIpc) is 3.34. The van der Waals surface area contributed by atoms with E-state index < -0.39 is 11.5 Å². The Kier molecular flexibility index (Phi) is 7.48. The van der Waals surface area contributed by atoms with Crippen LogP contribution in [0, 0.1) is 0 Å². The van der Waals surface area contributed by atoms with Crippen LogP contribution in [0.1, 0.15) is 68.1 Å². The number of hydrogen-bond acceptors (Lipinski definition) is 6. The summed E-state index contributed by atoms with van der Waals surface area (Å²) >= 11 is 0. The van der Waals surface area contributed by atoms with E-state index in [1.165, 1.54) is 24.1 Å². The van der Waals surface area contributed by atoms with Gasteiger partial charge in [-0.05, 0) is 70.2 Å². The topological polar surface area (TPSA) is 101 Å². The highest BCUT2D eigenvalue weighted by atomic mass is 16.6. The second kappa shape index (κ2) is 10.5. The minimum Gasteiger partial charge on any atom is -0.444 e. The van der Waals surface area contributed by atoms with E-state index in [4.69, 9.17) is 10.5 Å². The molecule has 8 nitrogen and oxygen atoms in total. The van der Waals surface area contributed by atoms with Crippen LogP contribution in [0.5, 0.6) is 0 Å². The fourth-order valence-electron chi connectivity index (χ4n) is 4.67. The summed E-state index contributed by atoms with van der Waals surface area (Å²) in [5.74, 6) is -0.507. The van der Waals surface area contributed by atoms with Gasteiger partial charge in [-0.15, -0.1) is 0 Å². The maximum Gasteiger partial charge on any atom is 0.410 e. The number of benzene rings is 1. The van der Waals surface area contributed by atoms with Crippen LogP contribution < -0.4 is 16.0 Å². The Morgan fingerprint density at radius 3 is 2.34 bits per heavy atom. The van der Waals surface area contributed by atoms with Gasteiger partial charge < -0.3 is 25.6 Å². The molecule has 188 valence electrons. The number of primary amides is 1. The van der Waals surface area contributed by atoms with Gasteiger partial charge in [0.2, 0.25) is 0 Å². The van der Waals surface area contributed by atoms with Gasteiger partial charge in [-0.25, -0.2) is 4.79 Å². The lowest BCUT2D eigenvalue weighted by molar-refractivity contribution is 0.0210. The standard InChI is InChI=1S/C27H37N5O3/c1-27(2,3)35-26(34)32-14-10-20(11-15-32)30-24-17-21(29-18-23(24)25(28)33)16-19-6-8-22(9-7-19)31-12-4-5-13-31/h6-9,17-18,20H,4-5,10-16H2,1-3H3,(H2,28,33)(H,29,30). The van der Waals surface area contributed by atoms with Crippen LogP contribution in [-0.4, -0.2) is 59.7 Å². The SMILES string of the molecule is CC(C)(C)OC(=O)N1CCC(Nc2cc(Cc3ccc(N4CCCC4)cc3)ncc2C(N)=O)CC1. The zero-order valence-corrected chi connectivity index (χ0v) is 21.0. The normalized spacial score (nSPS) is 16.9. The Bertz CT molecular complexity index is 1030. The van der Waals surface area contributed by atoms with E-state index in [1.807, 2.05) is 26.8 Å². The second-order valence-electron chi connectivity index (χ2n) is 10.5. The number of amides is 2. The molecule has 0 aliphatic carbocycles. The summed E-state index contributed by atoms with van der Waals surface area (Å²) in [7, 11) is 0. The van der Waals surface area contributed by atoms with Crippen LogP contribution in [0.3, 0.4) is 0 Å². The summed E-state index contributed by atoms with van der Waals surface area (Å²) in [6.45, 7) is 9.05. The fraction of sp³-hybridized carbons (Fsp3) is 0.519. The van der Waals surface area contributed by atoms with E-state index in [2.05, 4.69) is 39.5 Å². The third kappa shape index (κ3) is 6.65. The van der Waals surface area contributed by atoms with Gasteiger partial charge >= 0.3 is 6.09 Å². The Morgan fingerprint density at radius 2 is 1.74 bits per heavy atom. The van der Waals surface area contributed by atoms with Crippen molar-refractivity contribution in [2.45, 2.75) is 64.5 Å². The molecule has 2 saturated heterocycles. The first-order valence-corrected chi connectivity index (χ1v) is 12.5. The van der Waals surface area contributed by atoms with Crippen molar-refractivity contribution in [1.82, 2.24) is 9.88 Å². The molecule has 4 rings (SSSR count). The molecule has 0 saturated carbocycles. The lowest BCUT2D eigenvalue weighted by Gasteiger charge is -2.34. The second-order valence-corrected chi connectivity index (χ2v) is 10.5. The predicted molar refractivity (Wildman–Crippen MR) is 138 cm³/mol. The molecular weight excluding hydrogens is 442 g/mol. The van der Waals surface area contributed by atoms with Gasteiger partial charge in [0.25, 0.3) is 5.91 Å². The zero-order chi connectivity index (χ0) is 25.0. The summed E-state index contributed by atoms with van der Waals surface area (Å²) in [6, 6.07) is 10.7. The highest BCUT2D eigenvalue weighted by Crippen LogP contribution is 2.24. The molecule has 8 heteroatoms. The van der Waals surface area contributed by atoms with Crippen LogP contribution in [0.15, 0.2) is 36.5 Å². The summed E-state index contributed by atoms with van der Waals surface area (Å²) in [5, 5.41) is 3.48. The van der Waals surface area contributed by atoms with Crippen LogP contribution in [0.2, 0.25) is 0 Å².